The molecule has 0 bridgehead atoms. The average molecular weight is 572 g/mol. The van der Waals surface area contributed by atoms with Crippen LogP contribution < -0.4 is 15.7 Å². The van der Waals surface area contributed by atoms with E-state index >= 15 is 0 Å². The second-order valence-electron chi connectivity index (χ2n) is 11.9. The van der Waals surface area contributed by atoms with Gasteiger partial charge in [0, 0.05) is 40.7 Å². The molecule has 0 aliphatic carbocycles. The number of aromatic nitrogens is 3. The zero-order valence-corrected chi connectivity index (χ0v) is 24.4. The summed E-state index contributed by atoms with van der Waals surface area (Å²) in [5, 5.41) is 14.5. The Balaban J connectivity index is 1.28. The Hall–Kier alpha value is -4.60. The smallest absolute Gasteiger partial charge is 0.326 e. The first kappa shape index (κ1) is 28.9. The fourth-order valence-electron chi connectivity index (χ4n) is 5.55. The summed E-state index contributed by atoms with van der Waals surface area (Å²) >= 11 is 0. The molecule has 1 aliphatic rings. The van der Waals surface area contributed by atoms with E-state index in [4.69, 9.17) is 4.74 Å². The van der Waals surface area contributed by atoms with E-state index in [0.717, 1.165) is 22.2 Å². The number of carbonyl (C=O) groups excluding carboxylic acids is 2. The number of H-pyrrole nitrogens is 2. The van der Waals surface area contributed by atoms with Crippen molar-refractivity contribution in [3.05, 3.63) is 87.6 Å². The van der Waals surface area contributed by atoms with E-state index in [-0.39, 0.29) is 29.3 Å². The molecule has 220 valence electrons. The predicted octanol–water partition coefficient (Wildman–Crippen LogP) is 4.60. The Kier molecular flexibility index (Phi) is 8.06. The normalized spacial score (nSPS) is 15.0. The maximum Gasteiger partial charge on any atom is 0.326 e. The summed E-state index contributed by atoms with van der Waals surface area (Å²) in [6.45, 7) is 9.05. The van der Waals surface area contributed by atoms with E-state index in [9.17, 15) is 19.5 Å². The number of nitrogens with zero attached hydrogens (tertiary/aromatic N) is 2. The van der Waals surface area contributed by atoms with Gasteiger partial charge >= 0.3 is 5.69 Å². The number of ether oxygens (including phenoxy) is 1. The van der Waals surface area contributed by atoms with Gasteiger partial charge in [-0.25, -0.2) is 4.79 Å². The molecule has 1 saturated heterocycles. The second kappa shape index (κ2) is 11.7. The minimum atomic E-state index is -0.650. The quantitative estimate of drug-likeness (QED) is 0.256. The molecule has 4 aromatic rings. The lowest BCUT2D eigenvalue weighted by Gasteiger charge is -2.38. The van der Waals surface area contributed by atoms with E-state index in [1.54, 1.807) is 24.3 Å². The number of pyridine rings is 1. The molecule has 1 fully saturated rings. The van der Waals surface area contributed by atoms with Crippen molar-refractivity contribution in [1.29, 1.82) is 0 Å². The zero-order chi connectivity index (χ0) is 30.0. The fraction of sp³-hybridized carbons (Fsp3) is 0.375. The van der Waals surface area contributed by atoms with Gasteiger partial charge in [-0.15, -0.1) is 0 Å². The van der Waals surface area contributed by atoms with Crippen LogP contribution in [0.1, 0.15) is 67.0 Å². The predicted molar refractivity (Wildman–Crippen MR) is 159 cm³/mol. The highest BCUT2D eigenvalue weighted by Crippen LogP contribution is 2.34. The molecule has 2 aromatic heterocycles. The number of para-hydroxylation sites is 1. The molecule has 1 atom stereocenters. The number of hydrogen-bond acceptors (Lipinski definition) is 6. The first-order valence-corrected chi connectivity index (χ1v) is 14.2. The Morgan fingerprint density at radius 3 is 2.43 bits per heavy atom. The number of amides is 2. The summed E-state index contributed by atoms with van der Waals surface area (Å²) in [7, 11) is 0. The van der Waals surface area contributed by atoms with Gasteiger partial charge in [0.25, 0.3) is 5.91 Å². The third kappa shape index (κ3) is 6.32. The number of nitrogens with one attached hydrogen (secondary N) is 3. The lowest BCUT2D eigenvalue weighted by Crippen LogP contribution is -2.46. The van der Waals surface area contributed by atoms with E-state index in [0.29, 0.717) is 43.9 Å². The van der Waals surface area contributed by atoms with Crippen molar-refractivity contribution in [2.24, 2.45) is 11.3 Å². The summed E-state index contributed by atoms with van der Waals surface area (Å²) in [6.07, 6.45) is 1.21. The van der Waals surface area contributed by atoms with Crippen molar-refractivity contribution < 1.29 is 19.4 Å². The van der Waals surface area contributed by atoms with Crippen LogP contribution in [0.2, 0.25) is 0 Å². The van der Waals surface area contributed by atoms with Gasteiger partial charge in [-0.1, -0.05) is 39.0 Å². The highest BCUT2D eigenvalue weighted by atomic mass is 16.5. The first-order chi connectivity index (χ1) is 20.0. The van der Waals surface area contributed by atoms with Gasteiger partial charge in [0.1, 0.15) is 18.1 Å². The summed E-state index contributed by atoms with van der Waals surface area (Å²) in [6, 6.07) is 16.1. The van der Waals surface area contributed by atoms with E-state index < -0.39 is 17.1 Å². The molecule has 10 heteroatoms. The minimum Gasteiger partial charge on any atom is -0.493 e. The number of imidazole rings is 1. The van der Waals surface area contributed by atoms with Crippen molar-refractivity contribution >= 4 is 22.7 Å². The number of benzene rings is 2. The Morgan fingerprint density at radius 2 is 1.79 bits per heavy atom. The molecule has 42 heavy (non-hydrogen) atoms. The number of aromatic hydroxyl groups is 1. The van der Waals surface area contributed by atoms with Crippen molar-refractivity contribution in [3.63, 3.8) is 0 Å². The van der Waals surface area contributed by atoms with Gasteiger partial charge in [0.05, 0.1) is 11.6 Å². The van der Waals surface area contributed by atoms with E-state index in [1.807, 2.05) is 62.9 Å². The fourth-order valence-corrected chi connectivity index (χ4v) is 5.55. The number of fused-ring (bicyclic) bond motifs is 1. The third-order valence-electron chi connectivity index (χ3n) is 7.71. The van der Waals surface area contributed by atoms with Crippen LogP contribution in [0.4, 0.5) is 0 Å². The molecule has 5 rings (SSSR count). The van der Waals surface area contributed by atoms with Crippen molar-refractivity contribution in [2.45, 2.75) is 53.2 Å². The van der Waals surface area contributed by atoms with Crippen LogP contribution in [-0.4, -0.2) is 49.9 Å². The van der Waals surface area contributed by atoms with E-state index in [2.05, 4.69) is 20.3 Å². The standard InChI is InChI=1S/C32H37N5O5/c1-19-17-22(24-7-5-6-8-25(24)33-19)18-42-23-11-9-21(10-12-23)28(38)34-26(27-29(39)36-31(41)35-27)20-13-15-37(16-14-20)30(40)32(2,3)4/h5-12,17,20,26,39H,13-16,18H2,1-4H3,(H,34,38)(H2,35,36,41). The van der Waals surface area contributed by atoms with Gasteiger partial charge in [0.15, 0.2) is 0 Å². The first-order valence-electron chi connectivity index (χ1n) is 14.2. The maximum atomic E-state index is 13.4. The van der Waals surface area contributed by atoms with Gasteiger partial charge in [0.2, 0.25) is 11.8 Å². The summed E-state index contributed by atoms with van der Waals surface area (Å²) in [5.74, 6) is -0.0613. The number of aryl methyl sites for hydroxylation is 1. The molecule has 10 nitrogen and oxygen atoms in total. The molecule has 1 unspecified atom stereocenters. The van der Waals surface area contributed by atoms with Crippen LogP contribution in [0.5, 0.6) is 11.6 Å². The second-order valence-corrected chi connectivity index (χ2v) is 11.9. The molecule has 4 N–H and O–H groups in total. The van der Waals surface area contributed by atoms with Gasteiger partial charge in [-0.05, 0) is 62.1 Å². The highest BCUT2D eigenvalue weighted by molar-refractivity contribution is 5.94. The molecular formula is C32H37N5O5. The summed E-state index contributed by atoms with van der Waals surface area (Å²) in [5.41, 5.74) is 2.46. The molecule has 0 spiro atoms. The summed E-state index contributed by atoms with van der Waals surface area (Å²) in [4.78, 5) is 49.5. The lowest BCUT2D eigenvalue weighted by atomic mass is 9.85. The zero-order valence-electron chi connectivity index (χ0n) is 24.4. The van der Waals surface area contributed by atoms with E-state index in [1.165, 1.54) is 0 Å². The monoisotopic (exact) mass is 571 g/mol. The Bertz CT molecular complexity index is 1640. The molecule has 2 amide bonds. The average Bonchev–Trinajstić information content (AvgIpc) is 3.31. The SMILES string of the molecule is Cc1cc(COc2ccc(C(=O)NC(c3[nH]c(=O)[nH]c3O)C3CCN(C(=O)C(C)(C)C)CC3)cc2)c2ccccc2n1. The third-order valence-corrected chi connectivity index (χ3v) is 7.71. The Labute approximate surface area is 244 Å². The number of hydrogen-bond donors (Lipinski definition) is 4. The molecule has 0 saturated carbocycles. The molecule has 2 aromatic carbocycles. The Morgan fingerprint density at radius 1 is 1.10 bits per heavy atom. The van der Waals surface area contributed by atoms with Crippen LogP contribution in [-0.2, 0) is 11.4 Å². The van der Waals surface area contributed by atoms with Crippen LogP contribution in [0.3, 0.4) is 0 Å². The molecule has 3 heterocycles. The molecule has 1 aliphatic heterocycles. The number of piperidine rings is 1. The topological polar surface area (TPSA) is 140 Å². The number of rotatable bonds is 7. The van der Waals surface area contributed by atoms with Crippen molar-refractivity contribution in [2.75, 3.05) is 13.1 Å². The van der Waals surface area contributed by atoms with Gasteiger partial charge in [-0.3, -0.25) is 19.6 Å². The van der Waals surface area contributed by atoms with Crippen LogP contribution in [0.15, 0.2) is 59.4 Å². The summed E-state index contributed by atoms with van der Waals surface area (Å²) < 4.78 is 6.04. The van der Waals surface area contributed by atoms with Crippen molar-refractivity contribution in [3.8, 4) is 11.6 Å². The highest BCUT2D eigenvalue weighted by Gasteiger charge is 2.35. The molecular weight excluding hydrogens is 534 g/mol. The van der Waals surface area contributed by atoms with Crippen LogP contribution in [0, 0.1) is 18.3 Å². The van der Waals surface area contributed by atoms with Crippen molar-refractivity contribution in [1.82, 2.24) is 25.2 Å². The van der Waals surface area contributed by atoms with Crippen LogP contribution in [0.25, 0.3) is 10.9 Å². The lowest BCUT2D eigenvalue weighted by molar-refractivity contribution is -0.141. The maximum absolute atomic E-state index is 13.4. The van der Waals surface area contributed by atoms with Gasteiger partial charge < -0.3 is 25.0 Å². The number of likely N-dealkylation sites (tertiary alicyclic amines) is 1. The molecule has 0 radical (unpaired) electrons. The largest absolute Gasteiger partial charge is 0.493 e. The minimum absolute atomic E-state index is 0.0778. The number of carbonyl (C=O) groups is 2. The van der Waals surface area contributed by atoms with Gasteiger partial charge in [-0.2, -0.15) is 0 Å². The number of aromatic amines is 2. The van der Waals surface area contributed by atoms with Crippen LogP contribution >= 0.6 is 0 Å².